The van der Waals surface area contributed by atoms with Gasteiger partial charge in [0.25, 0.3) is 0 Å². The van der Waals surface area contributed by atoms with Crippen molar-refractivity contribution in [3.05, 3.63) is 58.4 Å². The highest BCUT2D eigenvalue weighted by atomic mass is 35.5. The lowest BCUT2D eigenvalue weighted by Crippen LogP contribution is -2.39. The highest BCUT2D eigenvalue weighted by Crippen LogP contribution is 2.44. The van der Waals surface area contributed by atoms with E-state index in [9.17, 15) is 13.2 Å². The molecule has 1 saturated carbocycles. The summed E-state index contributed by atoms with van der Waals surface area (Å²) in [6.45, 7) is 0. The summed E-state index contributed by atoms with van der Waals surface area (Å²) < 4.78 is 41.2. The van der Waals surface area contributed by atoms with Crippen LogP contribution in [0.25, 0.3) is 16.6 Å². The molecular weight excluding hydrogens is 365 g/mol. The molecule has 2 N–H and O–H groups in total. The van der Waals surface area contributed by atoms with Crippen molar-refractivity contribution in [3.8, 4) is 0 Å². The summed E-state index contributed by atoms with van der Waals surface area (Å²) in [4.78, 5) is 0. The molecule has 1 atom stereocenters. The van der Waals surface area contributed by atoms with Gasteiger partial charge >= 0.3 is 6.18 Å². The molecule has 4 nitrogen and oxygen atoms in total. The number of benzene rings is 1. The lowest BCUT2D eigenvalue weighted by Gasteiger charge is -2.31. The molecule has 0 spiro atoms. The standard InChI is InChI=1S/C18H14ClF3N4/c19-14-6-10(5-11-8-23-24-16(11)14)17-13(18(20,21)22)4-3-12-7-15(9-1-2-9)25-26(12)17/h3-9,15,25H,1-2H2,(H,23,24). The maximum Gasteiger partial charge on any atom is 0.418 e. The average Bonchev–Trinajstić information content (AvgIpc) is 3.15. The molecule has 1 aliphatic carbocycles. The number of hydrogen-bond donors (Lipinski definition) is 2. The van der Waals surface area contributed by atoms with E-state index in [1.54, 1.807) is 23.3 Å². The zero-order chi connectivity index (χ0) is 18.1. The molecule has 2 aromatic rings. The first-order valence-corrected chi connectivity index (χ1v) is 8.70. The molecule has 0 bridgehead atoms. The summed E-state index contributed by atoms with van der Waals surface area (Å²) in [6.07, 6.45) is 3.92. The Balaban J connectivity index is 1.69. The highest BCUT2D eigenvalue weighted by Gasteiger charge is 2.43. The van der Waals surface area contributed by atoms with Gasteiger partial charge in [-0.1, -0.05) is 11.6 Å². The second kappa shape index (κ2) is 5.37. The van der Waals surface area contributed by atoms with Gasteiger partial charge in [0, 0.05) is 17.0 Å². The second-order valence-electron chi connectivity index (χ2n) is 6.80. The monoisotopic (exact) mass is 378 g/mol. The fourth-order valence-electron chi connectivity index (χ4n) is 3.57. The van der Waals surface area contributed by atoms with Gasteiger partial charge in [-0.15, -0.1) is 0 Å². The molecule has 0 radical (unpaired) electrons. The molecule has 5 rings (SSSR count). The van der Waals surface area contributed by atoms with Crippen molar-refractivity contribution >= 4 is 28.2 Å². The zero-order valence-corrected chi connectivity index (χ0v) is 14.2. The minimum absolute atomic E-state index is 0.0605. The summed E-state index contributed by atoms with van der Waals surface area (Å²) in [5.74, 6) is 0.483. The number of allylic oxidation sites excluding steroid dienone is 3. The molecule has 3 aliphatic rings. The van der Waals surface area contributed by atoms with E-state index in [4.69, 9.17) is 11.6 Å². The second-order valence-corrected chi connectivity index (χ2v) is 7.21. The fourth-order valence-corrected chi connectivity index (χ4v) is 3.84. The van der Waals surface area contributed by atoms with Crippen LogP contribution in [0.3, 0.4) is 0 Å². The SMILES string of the molecule is FC(F)(F)C1=C(c2cc(Cl)c3[nH]ncc3c2)N2NC(C3CC3)C=C2C=C1. The van der Waals surface area contributed by atoms with Crippen molar-refractivity contribution in [2.24, 2.45) is 5.92 Å². The first-order valence-electron chi connectivity index (χ1n) is 8.32. The van der Waals surface area contributed by atoms with E-state index >= 15 is 0 Å². The van der Waals surface area contributed by atoms with Crippen LogP contribution in [0.15, 0.2) is 47.8 Å². The number of alkyl halides is 3. The lowest BCUT2D eigenvalue weighted by atomic mass is 10.00. The van der Waals surface area contributed by atoms with Crippen LogP contribution in [0.2, 0.25) is 5.02 Å². The van der Waals surface area contributed by atoms with Gasteiger partial charge in [-0.25, -0.2) is 5.43 Å². The first kappa shape index (κ1) is 16.0. The summed E-state index contributed by atoms with van der Waals surface area (Å²) in [5, 5.41) is 9.23. The molecule has 26 heavy (non-hydrogen) atoms. The van der Waals surface area contributed by atoms with Crippen LogP contribution in [0, 0.1) is 5.92 Å². The predicted molar refractivity (Wildman–Crippen MR) is 92.8 cm³/mol. The maximum absolute atomic E-state index is 13.7. The van der Waals surface area contributed by atoms with Crippen molar-refractivity contribution in [2.45, 2.75) is 25.1 Å². The number of fused-ring (bicyclic) bond motifs is 2. The van der Waals surface area contributed by atoms with Crippen LogP contribution in [0.4, 0.5) is 13.2 Å². The molecule has 1 fully saturated rings. The first-order chi connectivity index (χ1) is 12.4. The van der Waals surface area contributed by atoms with Crippen LogP contribution in [-0.4, -0.2) is 27.4 Å². The topological polar surface area (TPSA) is 44.0 Å². The number of rotatable bonds is 2. The van der Waals surface area contributed by atoms with Crippen LogP contribution in [-0.2, 0) is 0 Å². The zero-order valence-electron chi connectivity index (χ0n) is 13.4. The largest absolute Gasteiger partial charge is 0.418 e. The number of nitrogens with zero attached hydrogens (tertiary/aromatic N) is 2. The third-order valence-corrected chi connectivity index (χ3v) is 5.29. The van der Waals surface area contributed by atoms with Gasteiger partial charge in [-0.3, -0.25) is 10.1 Å². The van der Waals surface area contributed by atoms with E-state index in [2.05, 4.69) is 15.6 Å². The smallest absolute Gasteiger partial charge is 0.276 e. The summed E-state index contributed by atoms with van der Waals surface area (Å²) >= 11 is 6.27. The maximum atomic E-state index is 13.7. The van der Waals surface area contributed by atoms with Gasteiger partial charge in [0.1, 0.15) is 0 Å². The van der Waals surface area contributed by atoms with E-state index in [1.165, 1.54) is 6.08 Å². The van der Waals surface area contributed by atoms with Gasteiger partial charge in [-0.2, -0.15) is 18.3 Å². The third-order valence-electron chi connectivity index (χ3n) is 5.00. The van der Waals surface area contributed by atoms with Crippen LogP contribution >= 0.6 is 11.6 Å². The van der Waals surface area contributed by atoms with Gasteiger partial charge in [0.05, 0.1) is 33.7 Å². The molecule has 134 valence electrons. The molecule has 1 aromatic heterocycles. The molecule has 8 heteroatoms. The minimum Gasteiger partial charge on any atom is -0.276 e. The summed E-state index contributed by atoms with van der Waals surface area (Å²) in [7, 11) is 0. The molecule has 2 aliphatic heterocycles. The van der Waals surface area contributed by atoms with Gasteiger partial charge < -0.3 is 0 Å². The van der Waals surface area contributed by atoms with Crippen LogP contribution < -0.4 is 5.43 Å². The Kier molecular flexibility index (Phi) is 3.30. The minimum atomic E-state index is -4.48. The van der Waals surface area contributed by atoms with Crippen molar-refractivity contribution < 1.29 is 13.2 Å². The normalized spacial score (nSPS) is 23.0. The Labute approximate surface area is 152 Å². The number of nitrogens with one attached hydrogen (secondary N) is 2. The predicted octanol–water partition coefficient (Wildman–Crippen LogP) is 4.54. The molecule has 0 saturated heterocycles. The van der Waals surface area contributed by atoms with E-state index in [1.807, 2.05) is 6.08 Å². The van der Waals surface area contributed by atoms with Crippen molar-refractivity contribution in [2.75, 3.05) is 0 Å². The van der Waals surface area contributed by atoms with Gasteiger partial charge in [-0.05, 0) is 49.1 Å². The highest BCUT2D eigenvalue weighted by molar-refractivity contribution is 6.35. The fraction of sp³-hybridized carbons (Fsp3) is 0.278. The molecular formula is C18H14ClF3N4. The molecule has 1 unspecified atom stereocenters. The molecule has 0 amide bonds. The molecule has 3 heterocycles. The Morgan fingerprint density at radius 2 is 2.00 bits per heavy atom. The number of aromatic nitrogens is 2. The Bertz CT molecular complexity index is 998. The number of H-pyrrole nitrogens is 1. The number of aromatic amines is 1. The van der Waals surface area contributed by atoms with E-state index in [0.717, 1.165) is 24.6 Å². The average molecular weight is 379 g/mol. The number of hydrogen-bond acceptors (Lipinski definition) is 3. The van der Waals surface area contributed by atoms with Crippen molar-refractivity contribution in [3.63, 3.8) is 0 Å². The van der Waals surface area contributed by atoms with Gasteiger partial charge in [0.2, 0.25) is 0 Å². The van der Waals surface area contributed by atoms with E-state index < -0.39 is 11.7 Å². The summed E-state index contributed by atoms with van der Waals surface area (Å²) in [5.41, 5.74) is 4.34. The van der Waals surface area contributed by atoms with E-state index in [-0.39, 0.29) is 11.7 Å². The van der Waals surface area contributed by atoms with E-state index in [0.29, 0.717) is 27.4 Å². The van der Waals surface area contributed by atoms with Crippen molar-refractivity contribution in [1.82, 2.24) is 20.6 Å². The van der Waals surface area contributed by atoms with Crippen LogP contribution in [0.1, 0.15) is 18.4 Å². The van der Waals surface area contributed by atoms with Crippen molar-refractivity contribution in [1.29, 1.82) is 0 Å². The Morgan fingerprint density at radius 3 is 2.73 bits per heavy atom. The number of hydrazine groups is 1. The van der Waals surface area contributed by atoms with Gasteiger partial charge in [0.15, 0.2) is 0 Å². The Morgan fingerprint density at radius 1 is 1.19 bits per heavy atom. The lowest BCUT2D eigenvalue weighted by molar-refractivity contribution is -0.0886. The summed E-state index contributed by atoms with van der Waals surface area (Å²) in [6, 6.07) is 3.28. The molecule has 1 aromatic carbocycles. The third kappa shape index (κ3) is 2.46. The Hall–Kier alpha value is -2.25. The quantitative estimate of drug-likeness (QED) is 0.806. The number of halogens is 4. The van der Waals surface area contributed by atoms with Crippen LogP contribution in [0.5, 0.6) is 0 Å².